The molecular weight excluding hydrogens is 284 g/mol. The molecule has 0 radical (unpaired) electrons. The summed E-state index contributed by atoms with van der Waals surface area (Å²) in [5, 5.41) is 1.96. The molecule has 0 amide bonds. The van der Waals surface area contributed by atoms with Gasteiger partial charge in [-0.05, 0) is 30.2 Å². The predicted octanol–water partition coefficient (Wildman–Crippen LogP) is 4.39. The lowest BCUT2D eigenvalue weighted by molar-refractivity contribution is 0.193. The summed E-state index contributed by atoms with van der Waals surface area (Å²) in [5.74, 6) is 0.385. The summed E-state index contributed by atoms with van der Waals surface area (Å²) in [5.41, 5.74) is 4.59. The highest BCUT2D eigenvalue weighted by molar-refractivity contribution is 6.30. The summed E-state index contributed by atoms with van der Waals surface area (Å²) in [6.45, 7) is 1.58. The molecule has 1 aliphatic rings. The fourth-order valence-corrected chi connectivity index (χ4v) is 3.15. The Morgan fingerprint density at radius 1 is 1.19 bits per heavy atom. The van der Waals surface area contributed by atoms with Crippen molar-refractivity contribution in [3.8, 4) is 11.1 Å². The van der Waals surface area contributed by atoms with Crippen molar-refractivity contribution in [3.05, 3.63) is 53.4 Å². The van der Waals surface area contributed by atoms with Gasteiger partial charge < -0.3 is 9.72 Å². The molecule has 1 saturated heterocycles. The minimum atomic E-state index is 0.385. The lowest BCUT2D eigenvalue weighted by Gasteiger charge is -2.10. The van der Waals surface area contributed by atoms with Gasteiger partial charge in [-0.25, -0.2) is 0 Å². The molecule has 1 atom stereocenters. The summed E-state index contributed by atoms with van der Waals surface area (Å²) in [4.78, 5) is 7.99. The maximum atomic E-state index is 5.99. The fourth-order valence-electron chi connectivity index (χ4n) is 3.02. The highest BCUT2D eigenvalue weighted by Gasteiger charge is 2.23. The molecule has 3 heterocycles. The van der Waals surface area contributed by atoms with Crippen molar-refractivity contribution in [1.29, 1.82) is 0 Å². The minimum absolute atomic E-state index is 0.385. The van der Waals surface area contributed by atoms with Crippen LogP contribution in [0.1, 0.15) is 18.0 Å². The van der Waals surface area contributed by atoms with Crippen LogP contribution in [0, 0.1) is 0 Å². The molecule has 1 aliphatic heterocycles. The normalized spacial score (nSPS) is 18.4. The quantitative estimate of drug-likeness (QED) is 0.762. The standard InChI is InChI=1S/C17H15ClN2O/c18-13-3-1-11(2-4-13)14-9-20-15-5-7-19-17(16(14)15)12-6-8-21-10-12/h1-5,7,9,12,20H,6,8,10H2. The molecule has 1 unspecified atom stereocenters. The van der Waals surface area contributed by atoms with Gasteiger partial charge in [0.25, 0.3) is 0 Å². The number of nitrogens with zero attached hydrogens (tertiary/aromatic N) is 1. The molecule has 106 valence electrons. The van der Waals surface area contributed by atoms with Crippen LogP contribution in [0.25, 0.3) is 22.0 Å². The third kappa shape index (κ3) is 2.23. The van der Waals surface area contributed by atoms with E-state index in [1.165, 1.54) is 10.9 Å². The lowest BCUT2D eigenvalue weighted by atomic mass is 9.96. The van der Waals surface area contributed by atoms with Gasteiger partial charge in [-0.1, -0.05) is 23.7 Å². The zero-order chi connectivity index (χ0) is 14.2. The molecule has 4 rings (SSSR count). The van der Waals surface area contributed by atoms with Crippen molar-refractivity contribution in [2.24, 2.45) is 0 Å². The Kier molecular flexibility index (Phi) is 3.17. The van der Waals surface area contributed by atoms with Crippen molar-refractivity contribution in [1.82, 2.24) is 9.97 Å². The first-order valence-electron chi connectivity index (χ1n) is 7.12. The largest absolute Gasteiger partial charge is 0.381 e. The van der Waals surface area contributed by atoms with E-state index < -0.39 is 0 Å². The van der Waals surface area contributed by atoms with E-state index >= 15 is 0 Å². The third-order valence-corrected chi connectivity index (χ3v) is 4.35. The summed E-state index contributed by atoms with van der Waals surface area (Å²) in [6.07, 6.45) is 4.96. The van der Waals surface area contributed by atoms with E-state index in [2.05, 4.69) is 16.2 Å². The van der Waals surface area contributed by atoms with Gasteiger partial charge in [-0.15, -0.1) is 0 Å². The number of halogens is 1. The molecule has 1 aromatic carbocycles. The Morgan fingerprint density at radius 3 is 2.81 bits per heavy atom. The van der Waals surface area contributed by atoms with Crippen LogP contribution in [0.15, 0.2) is 42.7 Å². The molecule has 4 heteroatoms. The van der Waals surface area contributed by atoms with Gasteiger partial charge in [0, 0.05) is 46.4 Å². The Balaban J connectivity index is 1.91. The van der Waals surface area contributed by atoms with Gasteiger partial charge in [0.05, 0.1) is 12.3 Å². The van der Waals surface area contributed by atoms with E-state index in [0.717, 1.165) is 41.4 Å². The Labute approximate surface area is 127 Å². The zero-order valence-electron chi connectivity index (χ0n) is 11.5. The number of aromatic nitrogens is 2. The molecule has 0 aliphatic carbocycles. The van der Waals surface area contributed by atoms with Crippen molar-refractivity contribution < 1.29 is 4.74 Å². The first kappa shape index (κ1) is 12.9. The maximum Gasteiger partial charge on any atom is 0.0558 e. The molecule has 3 aromatic rings. The van der Waals surface area contributed by atoms with E-state index in [0.29, 0.717) is 5.92 Å². The van der Waals surface area contributed by atoms with E-state index in [4.69, 9.17) is 16.3 Å². The summed E-state index contributed by atoms with van der Waals surface area (Å²) in [7, 11) is 0. The van der Waals surface area contributed by atoms with E-state index in [-0.39, 0.29) is 0 Å². The average molecular weight is 299 g/mol. The van der Waals surface area contributed by atoms with Crippen LogP contribution in [0.5, 0.6) is 0 Å². The zero-order valence-corrected chi connectivity index (χ0v) is 12.2. The smallest absolute Gasteiger partial charge is 0.0558 e. The highest BCUT2D eigenvalue weighted by atomic mass is 35.5. The Hall–Kier alpha value is -1.84. The average Bonchev–Trinajstić information content (AvgIpc) is 3.17. The van der Waals surface area contributed by atoms with Gasteiger partial charge >= 0.3 is 0 Å². The lowest BCUT2D eigenvalue weighted by Crippen LogP contribution is -2.01. The number of ether oxygens (including phenoxy) is 1. The first-order valence-corrected chi connectivity index (χ1v) is 7.50. The van der Waals surface area contributed by atoms with Crippen LogP contribution in [0.3, 0.4) is 0 Å². The van der Waals surface area contributed by atoms with Crippen LogP contribution >= 0.6 is 11.6 Å². The van der Waals surface area contributed by atoms with E-state index in [9.17, 15) is 0 Å². The van der Waals surface area contributed by atoms with Gasteiger partial charge in [0.1, 0.15) is 0 Å². The second kappa shape index (κ2) is 5.17. The molecule has 1 N–H and O–H groups in total. The van der Waals surface area contributed by atoms with Crippen LogP contribution in [0.2, 0.25) is 5.02 Å². The van der Waals surface area contributed by atoms with Gasteiger partial charge in [0.2, 0.25) is 0 Å². The van der Waals surface area contributed by atoms with Gasteiger partial charge in [-0.3, -0.25) is 4.98 Å². The summed E-state index contributed by atoms with van der Waals surface area (Å²) in [6, 6.07) is 9.96. The molecule has 0 bridgehead atoms. The van der Waals surface area contributed by atoms with Crippen LogP contribution < -0.4 is 0 Å². The summed E-state index contributed by atoms with van der Waals surface area (Å²) >= 11 is 5.99. The van der Waals surface area contributed by atoms with E-state index in [1.807, 2.05) is 36.5 Å². The van der Waals surface area contributed by atoms with Crippen LogP contribution in [-0.4, -0.2) is 23.2 Å². The number of H-pyrrole nitrogens is 1. The molecule has 0 saturated carbocycles. The SMILES string of the molecule is Clc1ccc(-c2c[nH]c3ccnc(C4CCOC4)c23)cc1. The topological polar surface area (TPSA) is 37.9 Å². The predicted molar refractivity (Wildman–Crippen MR) is 84.7 cm³/mol. The van der Waals surface area contributed by atoms with Crippen molar-refractivity contribution in [2.75, 3.05) is 13.2 Å². The monoisotopic (exact) mass is 298 g/mol. The third-order valence-electron chi connectivity index (χ3n) is 4.09. The molecule has 0 spiro atoms. The second-order valence-corrected chi connectivity index (χ2v) is 5.82. The molecule has 2 aromatic heterocycles. The summed E-state index contributed by atoms with van der Waals surface area (Å²) < 4.78 is 5.53. The number of rotatable bonds is 2. The highest BCUT2D eigenvalue weighted by Crippen LogP contribution is 2.36. The number of nitrogens with one attached hydrogen (secondary N) is 1. The number of fused-ring (bicyclic) bond motifs is 1. The van der Waals surface area contributed by atoms with Crippen LogP contribution in [0.4, 0.5) is 0 Å². The van der Waals surface area contributed by atoms with Gasteiger partial charge in [0.15, 0.2) is 0 Å². The number of benzene rings is 1. The number of hydrogen-bond donors (Lipinski definition) is 1. The Bertz CT molecular complexity index is 773. The maximum absolute atomic E-state index is 5.99. The number of aromatic amines is 1. The molecular formula is C17H15ClN2O. The minimum Gasteiger partial charge on any atom is -0.381 e. The number of hydrogen-bond acceptors (Lipinski definition) is 2. The van der Waals surface area contributed by atoms with E-state index in [1.54, 1.807) is 0 Å². The van der Waals surface area contributed by atoms with Crippen molar-refractivity contribution in [2.45, 2.75) is 12.3 Å². The molecule has 21 heavy (non-hydrogen) atoms. The van der Waals surface area contributed by atoms with Crippen molar-refractivity contribution in [3.63, 3.8) is 0 Å². The fraction of sp³-hybridized carbons (Fsp3) is 0.235. The molecule has 1 fully saturated rings. The number of pyridine rings is 1. The second-order valence-electron chi connectivity index (χ2n) is 5.39. The van der Waals surface area contributed by atoms with Crippen LogP contribution in [-0.2, 0) is 4.74 Å². The molecule has 3 nitrogen and oxygen atoms in total. The van der Waals surface area contributed by atoms with Crippen molar-refractivity contribution >= 4 is 22.5 Å². The van der Waals surface area contributed by atoms with Gasteiger partial charge in [-0.2, -0.15) is 0 Å². The first-order chi connectivity index (χ1) is 10.3. The Morgan fingerprint density at radius 2 is 2.05 bits per heavy atom.